The fourth-order valence-corrected chi connectivity index (χ4v) is 1.21. The van der Waals surface area contributed by atoms with Gasteiger partial charge in [0.25, 0.3) is 0 Å². The number of hydrogen-bond acceptors (Lipinski definition) is 3. The molecule has 0 aliphatic carbocycles. The Balaban J connectivity index is 0.00000256. The van der Waals surface area contributed by atoms with Crippen molar-refractivity contribution in [1.82, 2.24) is 0 Å². The lowest BCUT2D eigenvalue weighted by Gasteiger charge is -2.07. The van der Waals surface area contributed by atoms with E-state index in [2.05, 4.69) is 5.32 Å². The molecule has 4 nitrogen and oxygen atoms in total. The van der Waals surface area contributed by atoms with Crippen LogP contribution >= 0.6 is 12.4 Å². The summed E-state index contributed by atoms with van der Waals surface area (Å²) in [7, 11) is 0. The third-order valence-electron chi connectivity index (χ3n) is 1.89. The van der Waals surface area contributed by atoms with E-state index in [1.807, 2.05) is 0 Å². The number of amides is 1. The van der Waals surface area contributed by atoms with Gasteiger partial charge in [0.1, 0.15) is 0 Å². The van der Waals surface area contributed by atoms with Crippen LogP contribution < -0.4 is 15.8 Å². The molecule has 0 saturated carbocycles. The molecule has 0 atom stereocenters. The largest absolute Gasteiger partial charge is 0.491 e. The van der Waals surface area contributed by atoms with Crippen LogP contribution in [0.25, 0.3) is 0 Å². The highest BCUT2D eigenvalue weighted by molar-refractivity contribution is 5.90. The van der Waals surface area contributed by atoms with E-state index in [0.717, 1.165) is 0 Å². The summed E-state index contributed by atoms with van der Waals surface area (Å²) in [5.41, 5.74) is 5.62. The van der Waals surface area contributed by atoms with E-state index in [4.69, 9.17) is 10.5 Å². The molecule has 1 amide bonds. The van der Waals surface area contributed by atoms with E-state index in [1.54, 1.807) is 13.0 Å². The minimum atomic E-state index is -0.493. The number of rotatable bonds is 5. The lowest BCUT2D eigenvalue weighted by molar-refractivity contribution is -0.116. The SMILES string of the molecule is CCOc1ccc(NC(=O)CCN)cc1F.Cl. The second kappa shape index (κ2) is 7.86. The van der Waals surface area contributed by atoms with Crippen LogP contribution in [0.3, 0.4) is 0 Å². The second-order valence-electron chi connectivity index (χ2n) is 3.17. The van der Waals surface area contributed by atoms with E-state index in [0.29, 0.717) is 12.3 Å². The summed E-state index contributed by atoms with van der Waals surface area (Å²) in [5.74, 6) is -0.544. The van der Waals surface area contributed by atoms with Gasteiger partial charge in [0.2, 0.25) is 5.91 Å². The fraction of sp³-hybridized carbons (Fsp3) is 0.364. The Morgan fingerprint density at radius 2 is 2.24 bits per heavy atom. The maximum atomic E-state index is 13.4. The average Bonchev–Trinajstić information content (AvgIpc) is 2.22. The Morgan fingerprint density at radius 3 is 2.76 bits per heavy atom. The van der Waals surface area contributed by atoms with Crippen molar-refractivity contribution in [3.63, 3.8) is 0 Å². The number of nitrogens with two attached hydrogens (primary N) is 1. The summed E-state index contributed by atoms with van der Waals surface area (Å²) in [4.78, 5) is 11.2. The lowest BCUT2D eigenvalue weighted by Crippen LogP contribution is -2.16. The average molecular weight is 263 g/mol. The van der Waals surface area contributed by atoms with Crippen LogP contribution in [0, 0.1) is 5.82 Å². The van der Waals surface area contributed by atoms with Crippen molar-refractivity contribution in [2.75, 3.05) is 18.5 Å². The zero-order valence-corrected chi connectivity index (χ0v) is 10.3. The molecule has 1 aromatic carbocycles. The van der Waals surface area contributed by atoms with Gasteiger partial charge in [-0.05, 0) is 19.1 Å². The molecule has 0 aliphatic heterocycles. The normalized spacial score (nSPS) is 9.35. The van der Waals surface area contributed by atoms with Gasteiger partial charge >= 0.3 is 0 Å². The third kappa shape index (κ3) is 5.01. The Labute approximate surface area is 106 Å². The van der Waals surface area contributed by atoms with Crippen molar-refractivity contribution in [2.45, 2.75) is 13.3 Å². The highest BCUT2D eigenvalue weighted by Crippen LogP contribution is 2.21. The van der Waals surface area contributed by atoms with Crippen molar-refractivity contribution in [3.05, 3.63) is 24.0 Å². The monoisotopic (exact) mass is 262 g/mol. The summed E-state index contributed by atoms with van der Waals surface area (Å²) >= 11 is 0. The molecule has 96 valence electrons. The van der Waals surface area contributed by atoms with Gasteiger partial charge < -0.3 is 15.8 Å². The molecule has 0 spiro atoms. The summed E-state index contributed by atoms with van der Waals surface area (Å²) in [6.07, 6.45) is 0.217. The molecule has 0 aliphatic rings. The van der Waals surface area contributed by atoms with Gasteiger partial charge in [0.15, 0.2) is 11.6 Å². The predicted octanol–water partition coefficient (Wildman–Crippen LogP) is 1.93. The van der Waals surface area contributed by atoms with Crippen molar-refractivity contribution in [1.29, 1.82) is 0 Å². The van der Waals surface area contributed by atoms with Gasteiger partial charge in [-0.25, -0.2) is 4.39 Å². The minimum absolute atomic E-state index is 0. The van der Waals surface area contributed by atoms with E-state index in [-0.39, 0.29) is 37.0 Å². The number of carbonyl (C=O) groups excluding carboxylic acids is 1. The van der Waals surface area contributed by atoms with Gasteiger partial charge in [-0.3, -0.25) is 4.79 Å². The summed E-state index contributed by atoms with van der Waals surface area (Å²) < 4.78 is 18.4. The van der Waals surface area contributed by atoms with Gasteiger partial charge in [-0.1, -0.05) is 0 Å². The Kier molecular flexibility index (Phi) is 7.25. The first kappa shape index (κ1) is 15.7. The number of hydrogen-bond donors (Lipinski definition) is 2. The zero-order valence-electron chi connectivity index (χ0n) is 9.53. The summed E-state index contributed by atoms with van der Waals surface area (Å²) in [6.45, 7) is 2.44. The Bertz CT molecular complexity index is 374. The summed E-state index contributed by atoms with van der Waals surface area (Å²) in [5, 5.41) is 2.54. The van der Waals surface area contributed by atoms with Crippen LogP contribution in [0.5, 0.6) is 5.75 Å². The number of ether oxygens (including phenoxy) is 1. The number of halogens is 2. The molecule has 17 heavy (non-hydrogen) atoms. The maximum Gasteiger partial charge on any atom is 0.225 e. The van der Waals surface area contributed by atoms with E-state index >= 15 is 0 Å². The van der Waals surface area contributed by atoms with Crippen molar-refractivity contribution >= 4 is 24.0 Å². The van der Waals surface area contributed by atoms with Gasteiger partial charge in [-0.2, -0.15) is 0 Å². The molecule has 0 unspecified atom stereocenters. The molecule has 0 radical (unpaired) electrons. The highest BCUT2D eigenvalue weighted by atomic mass is 35.5. The highest BCUT2D eigenvalue weighted by Gasteiger charge is 2.06. The zero-order chi connectivity index (χ0) is 12.0. The molecule has 0 aromatic heterocycles. The Morgan fingerprint density at radius 1 is 1.53 bits per heavy atom. The molecule has 0 heterocycles. The van der Waals surface area contributed by atoms with E-state index in [1.165, 1.54) is 12.1 Å². The minimum Gasteiger partial charge on any atom is -0.491 e. The molecule has 6 heteroatoms. The standard InChI is InChI=1S/C11H15FN2O2.ClH/c1-2-16-10-4-3-8(7-9(10)12)14-11(15)5-6-13;/h3-4,7H,2,5-6,13H2,1H3,(H,14,15);1H. The van der Waals surface area contributed by atoms with E-state index < -0.39 is 5.82 Å². The van der Waals surface area contributed by atoms with Crippen molar-refractivity contribution in [3.8, 4) is 5.75 Å². The van der Waals surface area contributed by atoms with Crippen molar-refractivity contribution < 1.29 is 13.9 Å². The van der Waals surface area contributed by atoms with Gasteiger partial charge in [0, 0.05) is 24.7 Å². The molecule has 0 fully saturated rings. The molecule has 3 N–H and O–H groups in total. The first-order valence-corrected chi connectivity index (χ1v) is 5.09. The molecule has 1 aromatic rings. The number of anilines is 1. The number of carbonyl (C=O) groups is 1. The van der Waals surface area contributed by atoms with Gasteiger partial charge in [-0.15, -0.1) is 12.4 Å². The second-order valence-corrected chi connectivity index (χ2v) is 3.17. The molecule has 0 saturated heterocycles. The number of nitrogens with one attached hydrogen (secondary N) is 1. The molecular weight excluding hydrogens is 247 g/mol. The van der Waals surface area contributed by atoms with Crippen LogP contribution in [0.2, 0.25) is 0 Å². The molecular formula is C11H16ClFN2O2. The molecule has 1 rings (SSSR count). The van der Waals surface area contributed by atoms with Crippen LogP contribution in [-0.2, 0) is 4.79 Å². The maximum absolute atomic E-state index is 13.4. The smallest absolute Gasteiger partial charge is 0.225 e. The van der Waals surface area contributed by atoms with Gasteiger partial charge in [0.05, 0.1) is 6.61 Å². The summed E-state index contributed by atoms with van der Waals surface area (Å²) in [6, 6.07) is 4.29. The topological polar surface area (TPSA) is 64.3 Å². The third-order valence-corrected chi connectivity index (χ3v) is 1.89. The quantitative estimate of drug-likeness (QED) is 0.852. The van der Waals surface area contributed by atoms with E-state index in [9.17, 15) is 9.18 Å². The predicted molar refractivity (Wildman–Crippen MR) is 67.1 cm³/mol. The van der Waals surface area contributed by atoms with Crippen molar-refractivity contribution in [2.24, 2.45) is 5.73 Å². The van der Waals surface area contributed by atoms with Crippen LogP contribution in [-0.4, -0.2) is 19.1 Å². The number of benzene rings is 1. The lowest BCUT2D eigenvalue weighted by atomic mass is 10.2. The first-order valence-electron chi connectivity index (χ1n) is 5.09. The van der Waals surface area contributed by atoms with Crippen LogP contribution in [0.15, 0.2) is 18.2 Å². The first-order chi connectivity index (χ1) is 7.67. The fourth-order valence-electron chi connectivity index (χ4n) is 1.21. The molecule has 0 bridgehead atoms. The van der Waals surface area contributed by atoms with Crippen LogP contribution in [0.4, 0.5) is 10.1 Å². The Hall–Kier alpha value is -1.33. The van der Waals surface area contributed by atoms with Crippen LogP contribution in [0.1, 0.15) is 13.3 Å².